The molecule has 1 aliphatic rings. The second-order valence-corrected chi connectivity index (χ2v) is 8.83. The van der Waals surface area contributed by atoms with Crippen molar-refractivity contribution in [2.75, 3.05) is 32.8 Å². The molecule has 0 radical (unpaired) electrons. The fourth-order valence-electron chi connectivity index (χ4n) is 4.20. The Labute approximate surface area is 211 Å². The lowest BCUT2D eigenvalue weighted by molar-refractivity contribution is -0.154. The number of rotatable bonds is 9. The zero-order valence-electron chi connectivity index (χ0n) is 20.2. The van der Waals surface area contributed by atoms with Crippen LogP contribution in [0.4, 0.5) is 0 Å². The van der Waals surface area contributed by atoms with Gasteiger partial charge in [-0.15, -0.1) is 0 Å². The van der Waals surface area contributed by atoms with E-state index in [-0.39, 0.29) is 24.8 Å². The molecular formula is C29H31N3O4. The minimum Gasteiger partial charge on any atom is -0.454 e. The van der Waals surface area contributed by atoms with Crippen molar-refractivity contribution in [2.45, 2.75) is 19.0 Å². The normalized spacial score (nSPS) is 14.6. The summed E-state index contributed by atoms with van der Waals surface area (Å²) in [4.78, 5) is 42.4. The smallest absolute Gasteiger partial charge is 0.329 e. The van der Waals surface area contributed by atoms with E-state index < -0.39 is 12.0 Å². The van der Waals surface area contributed by atoms with Gasteiger partial charge in [-0.3, -0.25) is 14.5 Å². The van der Waals surface area contributed by atoms with Gasteiger partial charge in [0.05, 0.1) is 0 Å². The van der Waals surface area contributed by atoms with E-state index >= 15 is 0 Å². The Bertz CT molecular complexity index is 1130. The van der Waals surface area contributed by atoms with Gasteiger partial charge in [0, 0.05) is 44.7 Å². The Morgan fingerprint density at radius 2 is 1.31 bits per heavy atom. The van der Waals surface area contributed by atoms with Gasteiger partial charge in [-0.05, 0) is 23.3 Å². The Kier molecular flexibility index (Phi) is 8.83. The molecule has 3 aromatic rings. The third kappa shape index (κ3) is 7.26. The Morgan fingerprint density at radius 1 is 0.750 bits per heavy atom. The number of hydrogen-bond acceptors (Lipinski definition) is 5. The summed E-state index contributed by atoms with van der Waals surface area (Å²) in [5.41, 5.74) is 2.58. The van der Waals surface area contributed by atoms with Crippen molar-refractivity contribution in [3.05, 3.63) is 108 Å². The van der Waals surface area contributed by atoms with Crippen LogP contribution in [0.15, 0.2) is 91.0 Å². The Balaban J connectivity index is 1.30. The van der Waals surface area contributed by atoms with Crippen molar-refractivity contribution in [2.24, 2.45) is 0 Å². The highest BCUT2D eigenvalue weighted by Gasteiger charge is 2.26. The maximum Gasteiger partial charge on any atom is 0.329 e. The summed E-state index contributed by atoms with van der Waals surface area (Å²) in [6.07, 6.45) is 0.268. The van der Waals surface area contributed by atoms with Crippen molar-refractivity contribution in [3.8, 4) is 0 Å². The third-order valence-corrected chi connectivity index (χ3v) is 6.22. The van der Waals surface area contributed by atoms with E-state index in [4.69, 9.17) is 4.74 Å². The maximum atomic E-state index is 12.9. The van der Waals surface area contributed by atoms with Gasteiger partial charge in [0.25, 0.3) is 11.8 Å². The molecule has 1 saturated heterocycles. The number of benzene rings is 3. The molecule has 1 N–H and O–H groups in total. The van der Waals surface area contributed by atoms with Crippen molar-refractivity contribution >= 4 is 17.8 Å². The van der Waals surface area contributed by atoms with Crippen LogP contribution in [-0.4, -0.2) is 66.4 Å². The monoisotopic (exact) mass is 485 g/mol. The minimum atomic E-state index is -0.907. The van der Waals surface area contributed by atoms with Gasteiger partial charge in [-0.2, -0.15) is 0 Å². The summed E-state index contributed by atoms with van der Waals surface area (Å²) >= 11 is 0. The predicted molar refractivity (Wildman–Crippen MR) is 137 cm³/mol. The van der Waals surface area contributed by atoms with E-state index in [1.165, 1.54) is 5.56 Å². The summed E-state index contributed by atoms with van der Waals surface area (Å²) < 4.78 is 5.39. The van der Waals surface area contributed by atoms with E-state index in [2.05, 4.69) is 22.3 Å². The summed E-state index contributed by atoms with van der Waals surface area (Å²) in [7, 11) is 0. The van der Waals surface area contributed by atoms with Crippen LogP contribution in [0, 0.1) is 0 Å². The molecule has 186 valence electrons. The van der Waals surface area contributed by atoms with E-state index in [9.17, 15) is 14.4 Å². The Morgan fingerprint density at radius 3 is 1.92 bits per heavy atom. The predicted octanol–water partition coefficient (Wildman–Crippen LogP) is 2.92. The molecule has 7 nitrogen and oxygen atoms in total. The van der Waals surface area contributed by atoms with Crippen LogP contribution in [0.5, 0.6) is 0 Å². The number of carbonyl (C=O) groups is 3. The van der Waals surface area contributed by atoms with Crippen LogP contribution in [0.3, 0.4) is 0 Å². The van der Waals surface area contributed by atoms with Crippen molar-refractivity contribution in [1.82, 2.24) is 15.1 Å². The van der Waals surface area contributed by atoms with Gasteiger partial charge in [0.1, 0.15) is 6.04 Å². The highest BCUT2D eigenvalue weighted by Crippen LogP contribution is 2.10. The van der Waals surface area contributed by atoms with Crippen molar-refractivity contribution in [3.63, 3.8) is 0 Å². The maximum absolute atomic E-state index is 12.9. The number of ether oxygens (including phenoxy) is 1. The summed E-state index contributed by atoms with van der Waals surface area (Å²) in [5.74, 6) is -1.22. The van der Waals surface area contributed by atoms with Gasteiger partial charge < -0.3 is 15.0 Å². The molecule has 1 aliphatic heterocycles. The van der Waals surface area contributed by atoms with E-state index in [0.717, 1.165) is 25.2 Å². The van der Waals surface area contributed by atoms with Crippen molar-refractivity contribution < 1.29 is 19.1 Å². The van der Waals surface area contributed by atoms with Gasteiger partial charge in [0.15, 0.2) is 6.61 Å². The van der Waals surface area contributed by atoms with Crippen LogP contribution < -0.4 is 5.32 Å². The number of nitrogens with zero attached hydrogens (tertiary/aromatic N) is 2. The summed E-state index contributed by atoms with van der Waals surface area (Å²) in [6, 6.07) is 27.4. The zero-order valence-corrected chi connectivity index (χ0v) is 20.2. The molecule has 1 atom stereocenters. The lowest BCUT2D eigenvalue weighted by atomic mass is 10.1. The number of hydrogen-bond donors (Lipinski definition) is 1. The van der Waals surface area contributed by atoms with Gasteiger partial charge in [-0.1, -0.05) is 78.9 Å². The lowest BCUT2D eigenvalue weighted by Gasteiger charge is -2.34. The first kappa shape index (κ1) is 25.1. The van der Waals surface area contributed by atoms with Gasteiger partial charge in [-0.25, -0.2) is 4.79 Å². The quantitative estimate of drug-likeness (QED) is 0.472. The molecule has 1 fully saturated rings. The first-order chi connectivity index (χ1) is 17.6. The lowest BCUT2D eigenvalue weighted by Crippen LogP contribution is -2.50. The topological polar surface area (TPSA) is 78.9 Å². The molecule has 0 aliphatic carbocycles. The molecule has 4 rings (SSSR count). The Hall–Kier alpha value is -3.97. The first-order valence-corrected chi connectivity index (χ1v) is 12.2. The highest BCUT2D eigenvalue weighted by molar-refractivity contribution is 5.97. The molecule has 1 heterocycles. The largest absolute Gasteiger partial charge is 0.454 e. The molecule has 0 saturated carbocycles. The minimum absolute atomic E-state index is 0.226. The fraction of sp³-hybridized carbons (Fsp3) is 0.276. The second kappa shape index (κ2) is 12.7. The summed E-state index contributed by atoms with van der Waals surface area (Å²) in [6.45, 7) is 3.20. The number of esters is 1. The number of piperazine rings is 1. The van der Waals surface area contributed by atoms with Crippen LogP contribution in [0.1, 0.15) is 21.5 Å². The molecule has 0 aromatic heterocycles. The SMILES string of the molecule is O=C(NC(Cc1ccccc1)C(=O)OCC(=O)N1CCN(Cc2ccccc2)CC1)c1ccccc1. The molecule has 0 bridgehead atoms. The average molecular weight is 486 g/mol. The van der Waals surface area contributed by atoms with E-state index in [1.807, 2.05) is 54.6 Å². The molecule has 36 heavy (non-hydrogen) atoms. The fourth-order valence-corrected chi connectivity index (χ4v) is 4.20. The van der Waals surface area contributed by atoms with Crippen LogP contribution in [0.25, 0.3) is 0 Å². The van der Waals surface area contributed by atoms with E-state index in [0.29, 0.717) is 18.7 Å². The highest BCUT2D eigenvalue weighted by atomic mass is 16.5. The molecule has 1 unspecified atom stereocenters. The van der Waals surface area contributed by atoms with Crippen LogP contribution in [0.2, 0.25) is 0 Å². The second-order valence-electron chi connectivity index (χ2n) is 8.83. The number of nitrogens with one attached hydrogen (secondary N) is 1. The standard InChI is InChI=1S/C29H31N3O4/c33-27(32-18-16-31(17-19-32)21-24-12-6-2-7-13-24)22-36-29(35)26(20-23-10-4-1-5-11-23)30-28(34)25-14-8-3-9-15-25/h1-15,26H,16-22H2,(H,30,34). The molecule has 7 heteroatoms. The van der Waals surface area contributed by atoms with Crippen LogP contribution >= 0.6 is 0 Å². The van der Waals surface area contributed by atoms with Gasteiger partial charge in [0.2, 0.25) is 0 Å². The third-order valence-electron chi connectivity index (χ3n) is 6.22. The average Bonchev–Trinajstić information content (AvgIpc) is 2.93. The first-order valence-electron chi connectivity index (χ1n) is 12.2. The summed E-state index contributed by atoms with van der Waals surface area (Å²) in [5, 5.41) is 2.77. The zero-order chi connectivity index (χ0) is 25.2. The molecule has 0 spiro atoms. The van der Waals surface area contributed by atoms with Crippen molar-refractivity contribution in [1.29, 1.82) is 0 Å². The number of carbonyl (C=O) groups excluding carboxylic acids is 3. The molecular weight excluding hydrogens is 454 g/mol. The van der Waals surface area contributed by atoms with E-state index in [1.54, 1.807) is 29.2 Å². The molecule has 2 amide bonds. The number of amides is 2. The van der Waals surface area contributed by atoms with Gasteiger partial charge >= 0.3 is 5.97 Å². The van der Waals surface area contributed by atoms with Crippen LogP contribution in [-0.2, 0) is 27.3 Å². The molecule has 3 aromatic carbocycles.